The fourth-order valence-electron chi connectivity index (χ4n) is 5.14. The van der Waals surface area contributed by atoms with Crippen molar-refractivity contribution < 1.29 is 37.1 Å². The van der Waals surface area contributed by atoms with Crippen LogP contribution in [0.3, 0.4) is 0 Å². The summed E-state index contributed by atoms with van der Waals surface area (Å²) in [5, 5.41) is 2.72. The first kappa shape index (κ1) is 32.0. The topological polar surface area (TPSA) is 143 Å². The van der Waals surface area contributed by atoms with Crippen molar-refractivity contribution in [2.75, 3.05) is 39.3 Å². The molecule has 2 fully saturated rings. The highest BCUT2D eigenvalue weighted by atomic mass is 32.2. The van der Waals surface area contributed by atoms with Crippen LogP contribution in [0.1, 0.15) is 37.8 Å². The molecule has 2 heterocycles. The highest BCUT2D eigenvalue weighted by Gasteiger charge is 2.40. The number of carbonyl (C=O) groups excluding carboxylic acids is 4. The summed E-state index contributed by atoms with van der Waals surface area (Å²) in [5.41, 5.74) is 1.59. The molecule has 0 bridgehead atoms. The van der Waals surface area contributed by atoms with Crippen molar-refractivity contribution >= 4 is 33.9 Å². The van der Waals surface area contributed by atoms with Gasteiger partial charge >= 0.3 is 12.1 Å². The Morgan fingerprint density at radius 3 is 2.16 bits per heavy atom. The number of hydrogen-bond donors (Lipinski definition) is 1. The zero-order chi connectivity index (χ0) is 31.1. The zero-order valence-corrected chi connectivity index (χ0v) is 25.5. The second kappa shape index (κ2) is 14.0. The van der Waals surface area contributed by atoms with Crippen LogP contribution in [0.25, 0.3) is 0 Å². The third-order valence-electron chi connectivity index (χ3n) is 7.57. The van der Waals surface area contributed by atoms with Crippen LogP contribution in [-0.2, 0) is 35.6 Å². The fourth-order valence-corrected chi connectivity index (χ4v) is 6.79. The lowest BCUT2D eigenvalue weighted by Gasteiger charge is -2.33. The predicted octanol–water partition coefficient (Wildman–Crippen LogP) is 2.10. The van der Waals surface area contributed by atoms with Gasteiger partial charge in [0.1, 0.15) is 17.8 Å². The molecule has 2 aromatic carbocycles. The van der Waals surface area contributed by atoms with Crippen molar-refractivity contribution in [2.24, 2.45) is 0 Å². The molecule has 0 radical (unpaired) electrons. The molecule has 1 N–H and O–H groups in total. The van der Waals surface area contributed by atoms with Gasteiger partial charge in [0.2, 0.25) is 21.8 Å². The number of esters is 1. The summed E-state index contributed by atoms with van der Waals surface area (Å²) >= 11 is 0. The molecule has 0 aliphatic carbocycles. The number of sulfonamides is 1. The molecule has 13 heteroatoms. The molecule has 12 nitrogen and oxygen atoms in total. The summed E-state index contributed by atoms with van der Waals surface area (Å²) in [4.78, 5) is 53.6. The van der Waals surface area contributed by atoms with Gasteiger partial charge in [0, 0.05) is 46.1 Å². The van der Waals surface area contributed by atoms with E-state index >= 15 is 0 Å². The molecular formula is C30H38N4O8S. The Hall–Kier alpha value is -3.97. The van der Waals surface area contributed by atoms with E-state index < -0.39 is 40.1 Å². The molecule has 4 rings (SSSR count). The summed E-state index contributed by atoms with van der Waals surface area (Å²) in [6, 6.07) is 11.0. The minimum Gasteiger partial charge on any atom is -0.464 e. The predicted molar refractivity (Wildman–Crippen MR) is 157 cm³/mol. The first-order chi connectivity index (χ1) is 20.5. The van der Waals surface area contributed by atoms with Crippen molar-refractivity contribution in [2.45, 2.75) is 57.0 Å². The number of aryl methyl sites for hydroxylation is 1. The van der Waals surface area contributed by atoms with Crippen LogP contribution in [0.2, 0.25) is 0 Å². The maximum Gasteiger partial charge on any atom is 0.415 e. The third kappa shape index (κ3) is 7.90. The molecule has 2 atom stereocenters. The fraction of sp³-hybridized carbons (Fsp3) is 0.467. The highest BCUT2D eigenvalue weighted by molar-refractivity contribution is 7.89. The number of amides is 3. The third-order valence-corrected chi connectivity index (χ3v) is 9.50. The number of nitrogens with one attached hydrogen (secondary N) is 1. The Bertz CT molecular complexity index is 1420. The van der Waals surface area contributed by atoms with Gasteiger partial charge in [-0.1, -0.05) is 29.8 Å². The Morgan fingerprint density at radius 2 is 1.56 bits per heavy atom. The lowest BCUT2D eigenvalue weighted by Crippen LogP contribution is -2.51. The molecule has 0 unspecified atom stereocenters. The van der Waals surface area contributed by atoms with Gasteiger partial charge < -0.3 is 24.6 Å². The second-order valence-corrected chi connectivity index (χ2v) is 12.5. The molecule has 2 aromatic rings. The Kier molecular flexibility index (Phi) is 10.4. The van der Waals surface area contributed by atoms with Crippen molar-refractivity contribution in [1.82, 2.24) is 19.4 Å². The average Bonchev–Trinajstić information content (AvgIpc) is 3.50. The first-order valence-electron chi connectivity index (χ1n) is 14.4. The number of ether oxygens (including phenoxy) is 2. The smallest absolute Gasteiger partial charge is 0.415 e. The number of hydrogen-bond acceptors (Lipinski definition) is 8. The maximum atomic E-state index is 13.4. The number of piperazine rings is 1. The van der Waals surface area contributed by atoms with E-state index in [4.69, 9.17) is 9.47 Å². The van der Waals surface area contributed by atoms with Gasteiger partial charge in [0.15, 0.2) is 0 Å². The molecule has 2 aliphatic heterocycles. The summed E-state index contributed by atoms with van der Waals surface area (Å²) in [6.45, 7) is 6.97. The van der Waals surface area contributed by atoms with Crippen LogP contribution in [0.5, 0.6) is 5.75 Å². The quantitative estimate of drug-likeness (QED) is 0.423. The molecule has 0 saturated carbocycles. The summed E-state index contributed by atoms with van der Waals surface area (Å²) in [6.07, 6.45) is 0.411. The minimum absolute atomic E-state index is 0.0335. The van der Waals surface area contributed by atoms with Crippen molar-refractivity contribution in [1.29, 1.82) is 0 Å². The maximum absolute atomic E-state index is 13.4. The summed E-state index contributed by atoms with van der Waals surface area (Å²) in [7, 11) is -3.91. The van der Waals surface area contributed by atoms with Crippen LogP contribution in [0.4, 0.5) is 4.79 Å². The molecule has 232 valence electrons. The van der Waals surface area contributed by atoms with Crippen LogP contribution < -0.4 is 10.1 Å². The molecule has 0 aromatic heterocycles. The van der Waals surface area contributed by atoms with Gasteiger partial charge in [-0.25, -0.2) is 18.0 Å². The normalized spacial score (nSPS) is 18.2. The number of benzene rings is 2. The summed E-state index contributed by atoms with van der Waals surface area (Å²) < 4.78 is 38.5. The van der Waals surface area contributed by atoms with Gasteiger partial charge in [-0.3, -0.25) is 9.59 Å². The van der Waals surface area contributed by atoms with E-state index in [0.29, 0.717) is 50.3 Å². The van der Waals surface area contributed by atoms with E-state index in [0.717, 1.165) is 5.56 Å². The van der Waals surface area contributed by atoms with E-state index in [1.54, 1.807) is 48.2 Å². The summed E-state index contributed by atoms with van der Waals surface area (Å²) in [5.74, 6) is -0.931. The van der Waals surface area contributed by atoms with Gasteiger partial charge in [0.05, 0.1) is 11.5 Å². The Labute approximate surface area is 252 Å². The van der Waals surface area contributed by atoms with Crippen molar-refractivity contribution in [3.8, 4) is 5.75 Å². The average molecular weight is 615 g/mol. The lowest BCUT2D eigenvalue weighted by molar-refractivity contribution is -0.147. The monoisotopic (exact) mass is 614 g/mol. The first-order valence-corrected chi connectivity index (χ1v) is 15.8. The molecular weight excluding hydrogens is 576 g/mol. The van der Waals surface area contributed by atoms with Gasteiger partial charge in [-0.2, -0.15) is 4.31 Å². The minimum atomic E-state index is -3.91. The van der Waals surface area contributed by atoms with Gasteiger partial charge in [0.25, 0.3) is 0 Å². The molecule has 3 amide bonds. The number of carbonyl (C=O) groups is 4. The second-order valence-electron chi connectivity index (χ2n) is 10.6. The van der Waals surface area contributed by atoms with Crippen LogP contribution in [-0.4, -0.2) is 97.8 Å². The molecule has 43 heavy (non-hydrogen) atoms. The van der Waals surface area contributed by atoms with Crippen molar-refractivity contribution in [3.63, 3.8) is 0 Å². The van der Waals surface area contributed by atoms with Crippen LogP contribution >= 0.6 is 0 Å². The van der Waals surface area contributed by atoms with E-state index in [9.17, 15) is 27.6 Å². The van der Waals surface area contributed by atoms with E-state index in [1.807, 2.05) is 6.92 Å². The van der Waals surface area contributed by atoms with Crippen LogP contribution in [0.15, 0.2) is 53.4 Å². The van der Waals surface area contributed by atoms with Gasteiger partial charge in [-0.15, -0.1) is 0 Å². The van der Waals surface area contributed by atoms with E-state index in [2.05, 4.69) is 5.32 Å². The molecule has 2 saturated heterocycles. The Balaban J connectivity index is 1.40. The van der Waals surface area contributed by atoms with Crippen LogP contribution in [0, 0.1) is 6.92 Å². The van der Waals surface area contributed by atoms with E-state index in [1.165, 1.54) is 28.3 Å². The Morgan fingerprint density at radius 1 is 0.930 bits per heavy atom. The zero-order valence-electron chi connectivity index (χ0n) is 24.7. The number of rotatable bonds is 9. The van der Waals surface area contributed by atoms with E-state index in [-0.39, 0.29) is 30.4 Å². The van der Waals surface area contributed by atoms with Gasteiger partial charge in [-0.05, 0) is 56.5 Å². The largest absolute Gasteiger partial charge is 0.464 e. The number of nitrogens with zero attached hydrogens (tertiary/aromatic N) is 3. The van der Waals surface area contributed by atoms with Crippen molar-refractivity contribution in [3.05, 3.63) is 59.7 Å². The molecule has 2 aliphatic rings. The lowest BCUT2D eigenvalue weighted by atomic mass is 10.0. The SMILES string of the molecule is CCOC(=O)[C@H](Cc1ccc(OC(=O)N2CCN(C(C)=O)CC2)cc1)NC(=O)[C@@H]1CCCN1S(=O)(=O)c1ccc(C)cc1. The standard InChI is InChI=1S/C30H38N4O8S/c1-4-41-29(37)26(31-28(36)27-6-5-15-34(27)43(39,40)25-13-7-21(2)8-14-25)20-23-9-11-24(12-10-23)42-30(38)33-18-16-32(17-19-33)22(3)35/h7-14,26-27H,4-6,15-20H2,1-3H3,(H,31,36)/t26-,27-/m0/s1. The molecule has 0 spiro atoms. The highest BCUT2D eigenvalue weighted by Crippen LogP contribution is 2.27.